The van der Waals surface area contributed by atoms with Crippen LogP contribution in [0.2, 0.25) is 0 Å². The molecule has 8 heterocycles. The number of pyridine rings is 2. The first-order valence-electron chi connectivity index (χ1n) is 14.2. The predicted octanol–water partition coefficient (Wildman–Crippen LogP) is 3.81. The third-order valence-corrected chi connectivity index (χ3v) is 8.92. The van der Waals surface area contributed by atoms with E-state index in [1.807, 2.05) is 41.5 Å². The third-order valence-electron chi connectivity index (χ3n) is 8.92. The summed E-state index contributed by atoms with van der Waals surface area (Å²) in [4.78, 5) is 17.4. The minimum absolute atomic E-state index is 0.133. The van der Waals surface area contributed by atoms with E-state index in [1.54, 1.807) is 6.20 Å². The first kappa shape index (κ1) is 25.0. The molecule has 10 nitrogen and oxygen atoms in total. The van der Waals surface area contributed by atoms with Crippen LogP contribution in [-0.4, -0.2) is 73.0 Å². The molecule has 3 N–H and O–H groups in total. The van der Waals surface area contributed by atoms with Gasteiger partial charge in [0, 0.05) is 91.0 Å². The molecule has 1 aromatic carbocycles. The molecular weight excluding hydrogens is 533 g/mol. The fourth-order valence-electron chi connectivity index (χ4n) is 6.49. The van der Waals surface area contributed by atoms with Crippen molar-refractivity contribution in [2.45, 2.75) is 31.1 Å². The Hall–Kier alpha value is -4.79. The summed E-state index contributed by atoms with van der Waals surface area (Å²) in [5.74, 6) is 0.686. The molecule has 0 radical (unpaired) electrons. The smallest absolute Gasteiger partial charge is 0.138 e. The first-order chi connectivity index (χ1) is 20.5. The van der Waals surface area contributed by atoms with Crippen molar-refractivity contribution in [1.29, 1.82) is 5.26 Å². The fraction of sp³-hybridized carbons (Fsp3) is 0.290. The van der Waals surface area contributed by atoms with Crippen molar-refractivity contribution in [3.63, 3.8) is 0 Å². The molecule has 9 rings (SSSR count). The molecule has 11 heteroatoms. The minimum atomic E-state index is -0.334. The van der Waals surface area contributed by atoms with Crippen LogP contribution in [0.15, 0.2) is 61.2 Å². The van der Waals surface area contributed by atoms with Crippen molar-refractivity contribution in [2.24, 2.45) is 0 Å². The molecule has 4 saturated heterocycles. The van der Waals surface area contributed by atoms with Crippen LogP contribution >= 0.6 is 0 Å². The van der Waals surface area contributed by atoms with Crippen LogP contribution < -0.4 is 10.2 Å². The number of hydrogen-bond donors (Lipinski definition) is 3. The van der Waals surface area contributed by atoms with Crippen LogP contribution in [0, 0.1) is 17.1 Å². The second kappa shape index (κ2) is 9.65. The van der Waals surface area contributed by atoms with Gasteiger partial charge in [0.05, 0.1) is 23.5 Å². The van der Waals surface area contributed by atoms with E-state index in [2.05, 4.69) is 36.3 Å². The minimum Gasteiger partial charge on any atom is -0.508 e. The van der Waals surface area contributed by atoms with E-state index in [0.29, 0.717) is 41.4 Å². The second-order valence-corrected chi connectivity index (χ2v) is 11.4. The molecule has 4 aliphatic rings. The van der Waals surface area contributed by atoms with E-state index in [-0.39, 0.29) is 11.6 Å². The van der Waals surface area contributed by atoms with E-state index >= 15 is 0 Å². The van der Waals surface area contributed by atoms with Crippen LogP contribution in [0.5, 0.6) is 5.75 Å². The molecule has 4 aromatic heterocycles. The lowest BCUT2D eigenvalue weighted by Gasteiger charge is -2.56. The molecule has 2 bridgehead atoms. The number of anilines is 1. The zero-order valence-electron chi connectivity index (χ0n) is 22.7. The number of aromatic hydroxyl groups is 1. The number of fused-ring (bicyclic) bond motifs is 3. The summed E-state index contributed by atoms with van der Waals surface area (Å²) in [5, 5.41) is 28.8. The van der Waals surface area contributed by atoms with Crippen LogP contribution in [0.1, 0.15) is 23.6 Å². The largest absolute Gasteiger partial charge is 0.508 e. The number of benzene rings is 1. The summed E-state index contributed by atoms with van der Waals surface area (Å²) in [6.07, 6.45) is 8.43. The van der Waals surface area contributed by atoms with E-state index in [9.17, 15) is 14.8 Å². The molecule has 42 heavy (non-hydrogen) atoms. The number of rotatable bonds is 6. The number of phenolic OH excluding ortho intramolecular Hbond substituents is 1. The highest BCUT2D eigenvalue weighted by molar-refractivity contribution is 5.98. The Bertz CT molecular complexity index is 1840. The van der Waals surface area contributed by atoms with Gasteiger partial charge in [-0.2, -0.15) is 10.4 Å². The number of aromatic nitrogens is 5. The van der Waals surface area contributed by atoms with Gasteiger partial charge in [-0.1, -0.05) is 0 Å². The van der Waals surface area contributed by atoms with Crippen molar-refractivity contribution in [3.05, 3.63) is 78.1 Å². The highest BCUT2D eigenvalue weighted by atomic mass is 19.1. The van der Waals surface area contributed by atoms with Gasteiger partial charge in [0.25, 0.3) is 0 Å². The monoisotopic (exact) mass is 561 g/mol. The van der Waals surface area contributed by atoms with Gasteiger partial charge in [-0.3, -0.25) is 9.58 Å². The maximum atomic E-state index is 13.7. The van der Waals surface area contributed by atoms with Gasteiger partial charge in [-0.25, -0.2) is 14.4 Å². The Labute approximate surface area is 241 Å². The number of phenols is 1. The zero-order valence-corrected chi connectivity index (χ0v) is 22.7. The molecule has 0 spiro atoms. The van der Waals surface area contributed by atoms with Gasteiger partial charge in [0.1, 0.15) is 29.1 Å². The topological polar surface area (TPSA) is 122 Å². The average molecular weight is 562 g/mol. The first-order valence-corrected chi connectivity index (χ1v) is 14.2. The molecule has 2 unspecified atom stereocenters. The summed E-state index contributed by atoms with van der Waals surface area (Å²) in [7, 11) is 0. The summed E-state index contributed by atoms with van der Waals surface area (Å²) in [5.41, 5.74) is 5.37. The zero-order chi connectivity index (χ0) is 28.4. The normalized spacial score (nSPS) is 20.3. The molecular formula is C31H28FN9O. The SMILES string of the molecule is N#Cc1cnc2[nH]c(-c3cnn(C4CNC4)c3)cc2c1-c1ccc(N2CC3CC(C2)N3Cc2cc(F)ccc2O)nc1. The van der Waals surface area contributed by atoms with Gasteiger partial charge in [-0.05, 0) is 42.8 Å². The standard InChI is InChI=1S/C31H28FN9O/c32-22-2-3-28(42)19(5-22)14-40-23-6-24(40)17-39(16-23)29-4-1-18(9-35-29)30-20(8-33)10-36-31-26(30)7-27(38-31)21-11-37-41(15-21)25-12-34-13-25/h1-5,7,9-11,15,23-25,34,42H,6,12-14,16-17H2,(H,36,38). The average Bonchev–Trinajstić information content (AvgIpc) is 3.64. The Morgan fingerprint density at radius 1 is 1.00 bits per heavy atom. The maximum Gasteiger partial charge on any atom is 0.138 e. The van der Waals surface area contributed by atoms with E-state index < -0.39 is 0 Å². The molecule has 210 valence electrons. The van der Waals surface area contributed by atoms with Gasteiger partial charge in [-0.15, -0.1) is 0 Å². The van der Waals surface area contributed by atoms with Gasteiger partial charge < -0.3 is 20.3 Å². The van der Waals surface area contributed by atoms with Crippen molar-refractivity contribution in [1.82, 2.24) is 34.9 Å². The summed E-state index contributed by atoms with van der Waals surface area (Å²) >= 11 is 0. The van der Waals surface area contributed by atoms with E-state index in [0.717, 1.165) is 66.2 Å². The lowest BCUT2D eigenvalue weighted by molar-refractivity contribution is -0.00921. The third kappa shape index (κ3) is 4.10. The Kier molecular flexibility index (Phi) is 5.73. The highest BCUT2D eigenvalue weighted by Gasteiger charge is 2.45. The number of halogens is 1. The van der Waals surface area contributed by atoms with E-state index in [4.69, 9.17) is 4.98 Å². The number of hydrogen-bond acceptors (Lipinski definition) is 8. The molecule has 2 atom stereocenters. The molecule has 4 aliphatic heterocycles. The highest BCUT2D eigenvalue weighted by Crippen LogP contribution is 2.38. The number of aromatic amines is 1. The predicted molar refractivity (Wildman–Crippen MR) is 155 cm³/mol. The lowest BCUT2D eigenvalue weighted by atomic mass is 9.86. The summed E-state index contributed by atoms with van der Waals surface area (Å²) in [6.45, 7) is 4.00. The number of nitrogens with one attached hydrogen (secondary N) is 2. The summed E-state index contributed by atoms with van der Waals surface area (Å²) < 4.78 is 15.7. The van der Waals surface area contributed by atoms with Gasteiger partial charge in [0.2, 0.25) is 0 Å². The Balaban J connectivity index is 1.03. The van der Waals surface area contributed by atoms with Crippen molar-refractivity contribution >= 4 is 16.9 Å². The van der Waals surface area contributed by atoms with Crippen LogP contribution in [0.4, 0.5) is 10.2 Å². The summed E-state index contributed by atoms with van der Waals surface area (Å²) in [6, 6.07) is 13.5. The maximum absolute atomic E-state index is 13.7. The number of H-pyrrole nitrogens is 1. The fourth-order valence-corrected chi connectivity index (χ4v) is 6.49. The molecule has 0 amide bonds. The van der Waals surface area contributed by atoms with E-state index in [1.165, 1.54) is 18.2 Å². The van der Waals surface area contributed by atoms with Crippen LogP contribution in [0.25, 0.3) is 33.4 Å². The molecule has 4 fully saturated rings. The van der Waals surface area contributed by atoms with Crippen molar-refractivity contribution in [3.8, 4) is 34.2 Å². The Morgan fingerprint density at radius 2 is 1.86 bits per heavy atom. The second-order valence-electron chi connectivity index (χ2n) is 11.4. The van der Waals surface area contributed by atoms with Crippen molar-refractivity contribution < 1.29 is 9.50 Å². The number of nitriles is 1. The quantitative estimate of drug-likeness (QED) is 0.286. The Morgan fingerprint density at radius 3 is 2.60 bits per heavy atom. The molecule has 0 saturated carbocycles. The number of nitrogens with zero attached hydrogens (tertiary/aromatic N) is 7. The van der Waals surface area contributed by atoms with Gasteiger partial charge in [0.15, 0.2) is 0 Å². The van der Waals surface area contributed by atoms with Crippen LogP contribution in [-0.2, 0) is 6.54 Å². The van der Waals surface area contributed by atoms with Crippen molar-refractivity contribution in [2.75, 3.05) is 31.1 Å². The number of piperazine rings is 1. The number of piperidine rings is 1. The van der Waals surface area contributed by atoms with Crippen LogP contribution in [0.3, 0.4) is 0 Å². The lowest BCUT2D eigenvalue weighted by Crippen LogP contribution is -2.68. The van der Waals surface area contributed by atoms with Gasteiger partial charge >= 0.3 is 0 Å². The molecule has 0 aliphatic carbocycles. The molecule has 5 aromatic rings.